The Morgan fingerprint density at radius 3 is 2.56 bits per heavy atom. The molecule has 2 amide bonds. The summed E-state index contributed by atoms with van der Waals surface area (Å²) in [6.07, 6.45) is 6.12. The summed E-state index contributed by atoms with van der Waals surface area (Å²) in [7, 11) is 0. The summed E-state index contributed by atoms with van der Waals surface area (Å²) in [5, 5.41) is 3.14. The van der Waals surface area contributed by atoms with Crippen molar-refractivity contribution >= 4 is 23.2 Å². The van der Waals surface area contributed by atoms with Crippen molar-refractivity contribution in [2.24, 2.45) is 0 Å². The quantitative estimate of drug-likeness (QED) is 0.833. The molecule has 2 fully saturated rings. The van der Waals surface area contributed by atoms with Crippen LogP contribution >= 0.6 is 0 Å². The number of benzene rings is 1. The van der Waals surface area contributed by atoms with Gasteiger partial charge >= 0.3 is 0 Å². The zero-order chi connectivity index (χ0) is 19.1. The highest BCUT2D eigenvalue weighted by atomic mass is 16.5. The second-order valence-electron chi connectivity index (χ2n) is 7.41. The summed E-state index contributed by atoms with van der Waals surface area (Å²) >= 11 is 0. The molecule has 27 heavy (non-hydrogen) atoms. The number of ether oxygens (including phenoxy) is 1. The van der Waals surface area contributed by atoms with E-state index in [4.69, 9.17) is 4.74 Å². The molecule has 1 aliphatic carbocycles. The van der Waals surface area contributed by atoms with E-state index >= 15 is 0 Å². The van der Waals surface area contributed by atoms with Gasteiger partial charge in [0.25, 0.3) is 0 Å². The van der Waals surface area contributed by atoms with Gasteiger partial charge in [0.05, 0.1) is 24.6 Å². The number of amides is 2. The molecule has 0 unspecified atom stereocenters. The maximum atomic E-state index is 12.4. The van der Waals surface area contributed by atoms with Crippen LogP contribution in [0.2, 0.25) is 0 Å². The molecule has 1 heterocycles. The lowest BCUT2D eigenvalue weighted by molar-refractivity contribution is -0.121. The lowest BCUT2D eigenvalue weighted by atomic mass is 9.95. The Hall–Kier alpha value is -2.08. The fraction of sp³-hybridized carbons (Fsp3) is 0.619. The Morgan fingerprint density at radius 1 is 1.15 bits per heavy atom. The number of anilines is 2. The molecule has 0 aromatic heterocycles. The normalized spacial score (nSPS) is 18.2. The molecular formula is C21H31N3O3. The van der Waals surface area contributed by atoms with Crippen LogP contribution in [0.3, 0.4) is 0 Å². The molecule has 0 spiro atoms. The fourth-order valence-corrected chi connectivity index (χ4v) is 3.97. The molecule has 1 aliphatic heterocycles. The van der Waals surface area contributed by atoms with Crippen LogP contribution in [0.4, 0.5) is 11.4 Å². The van der Waals surface area contributed by atoms with Crippen LogP contribution in [0.25, 0.3) is 0 Å². The van der Waals surface area contributed by atoms with E-state index in [0.717, 1.165) is 37.3 Å². The number of para-hydroxylation sites is 2. The Bertz CT molecular complexity index is 637. The van der Waals surface area contributed by atoms with Crippen LogP contribution in [0.1, 0.15) is 45.4 Å². The van der Waals surface area contributed by atoms with Crippen molar-refractivity contribution in [2.75, 3.05) is 42.6 Å². The molecule has 1 aromatic rings. The van der Waals surface area contributed by atoms with Gasteiger partial charge in [0, 0.05) is 39.0 Å². The highest BCUT2D eigenvalue weighted by molar-refractivity contribution is 5.96. The minimum Gasteiger partial charge on any atom is -0.378 e. The van der Waals surface area contributed by atoms with Crippen LogP contribution in [0.5, 0.6) is 0 Å². The minimum absolute atomic E-state index is 0.0389. The Balaban J connectivity index is 1.65. The largest absolute Gasteiger partial charge is 0.378 e. The average Bonchev–Trinajstić information content (AvgIpc) is 2.70. The van der Waals surface area contributed by atoms with Gasteiger partial charge in [-0.2, -0.15) is 0 Å². The highest BCUT2D eigenvalue weighted by Gasteiger charge is 2.22. The number of nitrogens with zero attached hydrogens (tertiary/aromatic N) is 2. The third-order valence-electron chi connectivity index (χ3n) is 5.44. The SMILES string of the molecule is CC(=O)N(CCC(=O)NC1CCCCC1)c1ccccc1N1CCOCC1. The zero-order valence-corrected chi connectivity index (χ0v) is 16.3. The van der Waals surface area contributed by atoms with Crippen molar-refractivity contribution < 1.29 is 14.3 Å². The molecule has 148 valence electrons. The Morgan fingerprint density at radius 2 is 1.85 bits per heavy atom. The lowest BCUT2D eigenvalue weighted by Gasteiger charge is -2.33. The molecule has 0 atom stereocenters. The lowest BCUT2D eigenvalue weighted by Crippen LogP contribution is -2.40. The summed E-state index contributed by atoms with van der Waals surface area (Å²) in [5.74, 6) is -0.00169. The van der Waals surface area contributed by atoms with Crippen LogP contribution in [0.15, 0.2) is 24.3 Å². The van der Waals surface area contributed by atoms with E-state index in [-0.39, 0.29) is 11.8 Å². The molecule has 1 aromatic carbocycles. The number of carbonyl (C=O) groups is 2. The first-order valence-electron chi connectivity index (χ1n) is 10.1. The van der Waals surface area contributed by atoms with Crippen LogP contribution in [-0.4, -0.2) is 50.7 Å². The molecule has 1 saturated carbocycles. The molecule has 6 nitrogen and oxygen atoms in total. The van der Waals surface area contributed by atoms with Crippen molar-refractivity contribution in [1.29, 1.82) is 0 Å². The number of nitrogens with one attached hydrogen (secondary N) is 1. The van der Waals surface area contributed by atoms with Crippen LogP contribution in [0, 0.1) is 0 Å². The molecule has 6 heteroatoms. The minimum atomic E-state index is -0.0406. The summed E-state index contributed by atoms with van der Waals surface area (Å²) in [6.45, 7) is 4.97. The second kappa shape index (κ2) is 9.74. The monoisotopic (exact) mass is 373 g/mol. The summed E-state index contributed by atoms with van der Waals surface area (Å²) < 4.78 is 5.44. The zero-order valence-electron chi connectivity index (χ0n) is 16.3. The van der Waals surface area contributed by atoms with Crippen molar-refractivity contribution in [3.05, 3.63) is 24.3 Å². The third kappa shape index (κ3) is 5.45. The van der Waals surface area contributed by atoms with Crippen molar-refractivity contribution in [2.45, 2.75) is 51.5 Å². The van der Waals surface area contributed by atoms with E-state index in [1.165, 1.54) is 19.3 Å². The van der Waals surface area contributed by atoms with Gasteiger partial charge in [-0.1, -0.05) is 31.4 Å². The van der Waals surface area contributed by atoms with E-state index in [2.05, 4.69) is 10.2 Å². The highest BCUT2D eigenvalue weighted by Crippen LogP contribution is 2.30. The van der Waals surface area contributed by atoms with Gasteiger partial charge in [-0.3, -0.25) is 9.59 Å². The van der Waals surface area contributed by atoms with E-state index in [0.29, 0.717) is 32.2 Å². The summed E-state index contributed by atoms with van der Waals surface area (Å²) in [5.41, 5.74) is 1.90. The van der Waals surface area contributed by atoms with E-state index in [1.54, 1.807) is 11.8 Å². The fourth-order valence-electron chi connectivity index (χ4n) is 3.97. The van der Waals surface area contributed by atoms with E-state index in [9.17, 15) is 9.59 Å². The molecule has 3 rings (SSSR count). The standard InChI is InChI=1S/C21H31N3O3/c1-17(25)24(12-11-21(26)22-18-7-3-2-4-8-18)20-10-6-5-9-19(20)23-13-15-27-16-14-23/h5-6,9-10,18H,2-4,7-8,11-16H2,1H3,(H,22,26). The van der Waals surface area contributed by atoms with Gasteiger partial charge in [0.15, 0.2) is 0 Å². The molecule has 1 saturated heterocycles. The second-order valence-corrected chi connectivity index (χ2v) is 7.41. The van der Waals surface area contributed by atoms with Gasteiger partial charge in [-0.05, 0) is 25.0 Å². The van der Waals surface area contributed by atoms with Gasteiger partial charge in [0.2, 0.25) is 11.8 Å². The number of hydrogen-bond donors (Lipinski definition) is 1. The summed E-state index contributed by atoms with van der Waals surface area (Å²) in [6, 6.07) is 8.24. The molecule has 0 bridgehead atoms. The van der Waals surface area contributed by atoms with Gasteiger partial charge in [0.1, 0.15) is 0 Å². The smallest absolute Gasteiger partial charge is 0.223 e. The molecule has 2 aliphatic rings. The first kappa shape index (κ1) is 19.7. The molecule has 0 radical (unpaired) electrons. The van der Waals surface area contributed by atoms with E-state index in [1.807, 2.05) is 24.3 Å². The molecule has 1 N–H and O–H groups in total. The topological polar surface area (TPSA) is 61.9 Å². The number of rotatable bonds is 6. The first-order chi connectivity index (χ1) is 13.1. The number of hydrogen-bond acceptors (Lipinski definition) is 4. The van der Waals surface area contributed by atoms with Gasteiger partial charge < -0.3 is 19.9 Å². The van der Waals surface area contributed by atoms with Crippen LogP contribution < -0.4 is 15.1 Å². The maximum absolute atomic E-state index is 12.4. The Kier molecular flexibility index (Phi) is 7.10. The average molecular weight is 373 g/mol. The van der Waals surface area contributed by atoms with Crippen molar-refractivity contribution in [1.82, 2.24) is 5.32 Å². The summed E-state index contributed by atoms with van der Waals surface area (Å²) in [4.78, 5) is 28.7. The van der Waals surface area contributed by atoms with Gasteiger partial charge in [-0.25, -0.2) is 0 Å². The van der Waals surface area contributed by atoms with Gasteiger partial charge in [-0.15, -0.1) is 0 Å². The third-order valence-corrected chi connectivity index (χ3v) is 5.44. The van der Waals surface area contributed by atoms with Crippen molar-refractivity contribution in [3.8, 4) is 0 Å². The van der Waals surface area contributed by atoms with Crippen molar-refractivity contribution in [3.63, 3.8) is 0 Å². The first-order valence-corrected chi connectivity index (χ1v) is 10.1. The Labute approximate surface area is 161 Å². The predicted octanol–water partition coefficient (Wildman–Crippen LogP) is 2.72. The van der Waals surface area contributed by atoms with Crippen LogP contribution in [-0.2, 0) is 14.3 Å². The molecular weight excluding hydrogens is 342 g/mol. The predicted molar refractivity (Wildman–Crippen MR) is 107 cm³/mol. The maximum Gasteiger partial charge on any atom is 0.223 e. The number of carbonyl (C=O) groups excluding carboxylic acids is 2. The van der Waals surface area contributed by atoms with E-state index < -0.39 is 0 Å². The number of morpholine rings is 1.